The van der Waals surface area contributed by atoms with Crippen molar-refractivity contribution in [1.29, 1.82) is 0 Å². The third kappa shape index (κ3) is 4.99. The monoisotopic (exact) mass is 219 g/mol. The lowest BCUT2D eigenvalue weighted by molar-refractivity contribution is -0.142. The van der Waals surface area contributed by atoms with Crippen LogP contribution in [0.1, 0.15) is 13.8 Å². The van der Waals surface area contributed by atoms with Crippen molar-refractivity contribution in [3.63, 3.8) is 0 Å². The Bertz CT molecular complexity index is 259. The van der Waals surface area contributed by atoms with Gasteiger partial charge in [0, 0.05) is 0 Å². The molecule has 0 saturated carbocycles. The van der Waals surface area contributed by atoms with Crippen LogP contribution < -0.4 is 5.32 Å². The van der Waals surface area contributed by atoms with E-state index in [0.29, 0.717) is 0 Å². The zero-order chi connectivity index (χ0) is 12.1. The number of hydrogen-bond donors (Lipinski definition) is 2. The molecular weight excluding hydrogens is 205 g/mol. The summed E-state index contributed by atoms with van der Waals surface area (Å²) in [6, 6.07) is -1.64. The van der Waals surface area contributed by atoms with E-state index in [1.54, 1.807) is 0 Å². The number of halogens is 1. The first-order valence-corrected chi connectivity index (χ1v) is 4.25. The van der Waals surface area contributed by atoms with Gasteiger partial charge in [-0.15, -0.1) is 0 Å². The molecule has 1 atom stereocenters. The van der Waals surface area contributed by atoms with Gasteiger partial charge in [0.1, 0.15) is 12.3 Å². The molecule has 15 heavy (non-hydrogen) atoms. The van der Waals surface area contributed by atoms with E-state index >= 15 is 0 Å². The average Bonchev–Trinajstić information content (AvgIpc) is 2.08. The molecule has 0 aliphatic rings. The van der Waals surface area contributed by atoms with Crippen molar-refractivity contribution in [2.45, 2.75) is 25.6 Å². The predicted octanol–water partition coefficient (Wildman–Crippen LogP) is 1.10. The number of carbonyl (C=O) groups is 2. The molecule has 0 aromatic heterocycles. The maximum atomic E-state index is 13.3. The van der Waals surface area contributed by atoms with Crippen LogP contribution in [0.25, 0.3) is 0 Å². The van der Waals surface area contributed by atoms with Crippen LogP contribution >= 0.6 is 0 Å². The summed E-state index contributed by atoms with van der Waals surface area (Å²) in [6.45, 7) is 5.35. The standard InChI is InChI=1S/C9H14FNO4/c1-4-5-15-8(14)11-6(7(12)13)9(2,3)10/h4,6H,1,5H2,2-3H3,(H,11,14)(H,12,13). The lowest BCUT2D eigenvalue weighted by Gasteiger charge is -2.23. The first-order chi connectivity index (χ1) is 6.79. The third-order valence-corrected chi connectivity index (χ3v) is 1.53. The number of rotatable bonds is 5. The molecule has 0 spiro atoms. The number of carboxylic acid groups (broad SMARTS) is 1. The van der Waals surface area contributed by atoms with Crippen LogP contribution in [0.15, 0.2) is 12.7 Å². The fraction of sp³-hybridized carbons (Fsp3) is 0.556. The molecule has 0 fully saturated rings. The zero-order valence-electron chi connectivity index (χ0n) is 8.62. The molecule has 1 unspecified atom stereocenters. The van der Waals surface area contributed by atoms with Crippen LogP contribution in [0.5, 0.6) is 0 Å². The van der Waals surface area contributed by atoms with Crippen LogP contribution in [-0.2, 0) is 9.53 Å². The fourth-order valence-electron chi connectivity index (χ4n) is 0.821. The molecule has 0 aliphatic heterocycles. The number of alkyl carbamates (subject to hydrolysis) is 1. The Morgan fingerprint density at radius 1 is 1.67 bits per heavy atom. The van der Waals surface area contributed by atoms with E-state index in [-0.39, 0.29) is 6.61 Å². The molecule has 0 bridgehead atoms. The Hall–Kier alpha value is -1.59. The molecule has 1 amide bonds. The van der Waals surface area contributed by atoms with Crippen molar-refractivity contribution < 1.29 is 23.8 Å². The Morgan fingerprint density at radius 2 is 2.20 bits per heavy atom. The van der Waals surface area contributed by atoms with Crippen LogP contribution in [0, 0.1) is 0 Å². The van der Waals surface area contributed by atoms with E-state index in [1.807, 2.05) is 5.32 Å². The Kier molecular flexibility index (Phi) is 4.77. The van der Waals surface area contributed by atoms with E-state index in [1.165, 1.54) is 6.08 Å². The van der Waals surface area contributed by atoms with Crippen LogP contribution in [0.4, 0.5) is 9.18 Å². The molecule has 0 aromatic rings. The number of carbonyl (C=O) groups excluding carboxylic acids is 1. The summed E-state index contributed by atoms with van der Waals surface area (Å²) < 4.78 is 17.8. The van der Waals surface area contributed by atoms with Gasteiger partial charge in [-0.3, -0.25) is 0 Å². The van der Waals surface area contributed by atoms with Gasteiger partial charge in [0.05, 0.1) is 0 Å². The van der Waals surface area contributed by atoms with E-state index in [2.05, 4.69) is 11.3 Å². The molecule has 0 aromatic carbocycles. The molecule has 86 valence electrons. The van der Waals surface area contributed by atoms with Gasteiger partial charge < -0.3 is 15.2 Å². The van der Waals surface area contributed by atoms with Crippen LogP contribution in [0.3, 0.4) is 0 Å². The minimum atomic E-state index is -2.07. The van der Waals surface area contributed by atoms with Crippen molar-refractivity contribution in [2.24, 2.45) is 0 Å². The molecule has 0 heterocycles. The lowest BCUT2D eigenvalue weighted by atomic mass is 10.0. The fourth-order valence-corrected chi connectivity index (χ4v) is 0.821. The van der Waals surface area contributed by atoms with Gasteiger partial charge in [0.25, 0.3) is 0 Å². The van der Waals surface area contributed by atoms with Gasteiger partial charge in [-0.2, -0.15) is 0 Å². The SMILES string of the molecule is C=CCOC(=O)NC(C(=O)O)C(C)(C)F. The average molecular weight is 219 g/mol. The normalized spacial score (nSPS) is 12.7. The molecule has 6 heteroatoms. The van der Waals surface area contributed by atoms with E-state index in [4.69, 9.17) is 5.11 Å². The largest absolute Gasteiger partial charge is 0.480 e. The first kappa shape index (κ1) is 13.4. The minimum Gasteiger partial charge on any atom is -0.480 e. The second-order valence-corrected chi connectivity index (χ2v) is 3.37. The summed E-state index contributed by atoms with van der Waals surface area (Å²) >= 11 is 0. The Balaban J connectivity index is 4.37. The van der Waals surface area contributed by atoms with Crippen LogP contribution in [0.2, 0.25) is 0 Å². The molecule has 0 aliphatic carbocycles. The summed E-state index contributed by atoms with van der Waals surface area (Å²) in [4.78, 5) is 21.6. The van der Waals surface area contributed by atoms with E-state index in [9.17, 15) is 14.0 Å². The Morgan fingerprint density at radius 3 is 2.53 bits per heavy atom. The van der Waals surface area contributed by atoms with Crippen molar-refractivity contribution in [3.05, 3.63) is 12.7 Å². The lowest BCUT2D eigenvalue weighted by Crippen LogP contribution is -2.52. The summed E-state index contributed by atoms with van der Waals surface area (Å²) in [6.07, 6.45) is 0.323. The quantitative estimate of drug-likeness (QED) is 0.679. The topological polar surface area (TPSA) is 75.6 Å². The van der Waals surface area contributed by atoms with E-state index in [0.717, 1.165) is 13.8 Å². The molecule has 2 N–H and O–H groups in total. The number of hydrogen-bond acceptors (Lipinski definition) is 3. The number of amides is 1. The molecule has 0 saturated heterocycles. The number of alkyl halides is 1. The van der Waals surface area contributed by atoms with Crippen molar-refractivity contribution in [1.82, 2.24) is 5.32 Å². The van der Waals surface area contributed by atoms with E-state index < -0.39 is 23.8 Å². The van der Waals surface area contributed by atoms with Gasteiger partial charge in [0.2, 0.25) is 0 Å². The van der Waals surface area contributed by atoms with Crippen molar-refractivity contribution in [2.75, 3.05) is 6.61 Å². The van der Waals surface area contributed by atoms with Gasteiger partial charge >= 0.3 is 12.1 Å². The maximum absolute atomic E-state index is 13.3. The molecule has 5 nitrogen and oxygen atoms in total. The summed E-state index contributed by atoms with van der Waals surface area (Å²) in [5.74, 6) is -1.46. The number of nitrogens with one attached hydrogen (secondary N) is 1. The highest BCUT2D eigenvalue weighted by Gasteiger charge is 2.37. The second kappa shape index (κ2) is 5.33. The van der Waals surface area contributed by atoms with Crippen LogP contribution in [-0.4, -0.2) is 35.5 Å². The zero-order valence-corrected chi connectivity index (χ0v) is 8.62. The summed E-state index contributed by atoms with van der Waals surface area (Å²) in [5, 5.41) is 10.6. The van der Waals surface area contributed by atoms with Crippen molar-refractivity contribution in [3.8, 4) is 0 Å². The highest BCUT2D eigenvalue weighted by Crippen LogP contribution is 2.14. The van der Waals surface area contributed by atoms with Gasteiger partial charge in [-0.1, -0.05) is 12.7 Å². The Labute approximate surface area is 86.9 Å². The highest BCUT2D eigenvalue weighted by molar-refractivity contribution is 5.81. The van der Waals surface area contributed by atoms with Gasteiger partial charge in [-0.25, -0.2) is 14.0 Å². The molecular formula is C9H14FNO4. The number of aliphatic carboxylic acids is 1. The predicted molar refractivity (Wildman–Crippen MR) is 51.3 cm³/mol. The summed E-state index contributed by atoms with van der Waals surface area (Å²) in [5.41, 5.74) is -2.07. The first-order valence-electron chi connectivity index (χ1n) is 4.25. The number of carboxylic acids is 1. The molecule has 0 radical (unpaired) electrons. The minimum absolute atomic E-state index is 0.0646. The van der Waals surface area contributed by atoms with Gasteiger partial charge in [0.15, 0.2) is 6.04 Å². The maximum Gasteiger partial charge on any atom is 0.408 e. The highest BCUT2D eigenvalue weighted by atomic mass is 19.1. The smallest absolute Gasteiger partial charge is 0.408 e. The summed E-state index contributed by atoms with van der Waals surface area (Å²) in [7, 11) is 0. The second-order valence-electron chi connectivity index (χ2n) is 3.37. The van der Waals surface area contributed by atoms with Crippen molar-refractivity contribution >= 4 is 12.1 Å². The van der Waals surface area contributed by atoms with Gasteiger partial charge in [-0.05, 0) is 13.8 Å². The third-order valence-electron chi connectivity index (χ3n) is 1.53. The number of ether oxygens (including phenoxy) is 1. The molecule has 0 rings (SSSR count).